The van der Waals surface area contributed by atoms with E-state index in [9.17, 15) is 13.6 Å². The molecule has 0 bridgehead atoms. The van der Waals surface area contributed by atoms with Crippen LogP contribution in [-0.4, -0.2) is 22.2 Å². The van der Waals surface area contributed by atoms with Gasteiger partial charge < -0.3 is 15.9 Å². The van der Waals surface area contributed by atoms with Crippen LogP contribution in [0.4, 0.5) is 8.78 Å². The first kappa shape index (κ1) is 21.0. The number of carbonyl (C=O) groups excluding carboxylic acids is 1. The van der Waals surface area contributed by atoms with E-state index < -0.39 is 23.5 Å². The van der Waals surface area contributed by atoms with Crippen molar-refractivity contribution in [1.29, 1.82) is 0 Å². The molecule has 0 aliphatic heterocycles. The number of amides is 1. The predicted molar refractivity (Wildman–Crippen MR) is 106 cm³/mol. The maximum Gasteiger partial charge on any atom is 0.284 e. The minimum absolute atomic E-state index is 0.0320. The summed E-state index contributed by atoms with van der Waals surface area (Å²) in [7, 11) is 0. The molecule has 2 heterocycles. The van der Waals surface area contributed by atoms with Crippen molar-refractivity contribution in [2.75, 3.05) is 6.54 Å². The summed E-state index contributed by atoms with van der Waals surface area (Å²) in [5, 5.41) is 4.63. The van der Waals surface area contributed by atoms with Crippen LogP contribution in [0.25, 0.3) is 11.3 Å². The Balaban J connectivity index is 2.18. The molecule has 1 amide bonds. The number of aryl methyl sites for hydroxylation is 2. The average molecular weight is 423 g/mol. The minimum atomic E-state index is -0.955. The van der Waals surface area contributed by atoms with Gasteiger partial charge in [-0.05, 0) is 44.5 Å². The molecular formula is C20H21ClF2N4O2. The van der Waals surface area contributed by atoms with Gasteiger partial charge >= 0.3 is 0 Å². The normalized spacial score (nSPS) is 12.3. The van der Waals surface area contributed by atoms with Gasteiger partial charge in [-0.3, -0.25) is 9.48 Å². The van der Waals surface area contributed by atoms with E-state index in [0.717, 1.165) is 12.1 Å². The highest BCUT2D eigenvalue weighted by Gasteiger charge is 2.31. The Kier molecular flexibility index (Phi) is 6.04. The largest absolute Gasteiger partial charge is 0.455 e. The molecule has 4 N–H and O–H groups in total. The molecular weight excluding hydrogens is 402 g/mol. The van der Waals surface area contributed by atoms with Crippen LogP contribution in [0.5, 0.6) is 0 Å². The Labute approximate surface area is 171 Å². The maximum atomic E-state index is 13.7. The molecule has 0 fully saturated rings. The number of nitrogens with two attached hydrogens (primary N) is 2. The molecule has 0 spiro atoms. The smallest absolute Gasteiger partial charge is 0.284 e. The summed E-state index contributed by atoms with van der Waals surface area (Å²) in [5.41, 5.74) is 13.7. The number of carbonyl (C=O) groups is 1. The standard InChI is InChI=1S/C20H21ClF2N4O2/c1-3-27-18(13(21)9-26-27)16-10(2)29-19(20(25)28)17(16)12(8-24)6-11-4-5-14(22)15(23)7-11/h4-5,7,9,12H,3,6,8,24H2,1-2H3,(H2,25,28)/t12-/m1/s1. The van der Waals surface area contributed by atoms with Gasteiger partial charge in [-0.2, -0.15) is 5.10 Å². The lowest BCUT2D eigenvalue weighted by atomic mass is 9.87. The number of benzene rings is 1. The zero-order valence-corrected chi connectivity index (χ0v) is 16.8. The summed E-state index contributed by atoms with van der Waals surface area (Å²) in [5.74, 6) is -2.69. The van der Waals surface area contributed by atoms with Gasteiger partial charge in [-0.1, -0.05) is 17.7 Å². The quantitative estimate of drug-likeness (QED) is 0.605. The van der Waals surface area contributed by atoms with Crippen LogP contribution >= 0.6 is 11.6 Å². The highest BCUT2D eigenvalue weighted by molar-refractivity contribution is 6.33. The Hall–Kier alpha value is -2.71. The average Bonchev–Trinajstić information content (AvgIpc) is 3.21. The first-order chi connectivity index (χ1) is 13.8. The molecule has 9 heteroatoms. The van der Waals surface area contributed by atoms with E-state index in [1.807, 2.05) is 6.92 Å². The number of rotatable bonds is 7. The van der Waals surface area contributed by atoms with E-state index in [-0.39, 0.29) is 18.7 Å². The fraction of sp³-hybridized carbons (Fsp3) is 0.300. The summed E-state index contributed by atoms with van der Waals surface area (Å²) < 4.78 is 34.3. The summed E-state index contributed by atoms with van der Waals surface area (Å²) in [6.45, 7) is 4.25. The van der Waals surface area contributed by atoms with E-state index >= 15 is 0 Å². The maximum absolute atomic E-state index is 13.7. The second kappa shape index (κ2) is 8.34. The highest BCUT2D eigenvalue weighted by Crippen LogP contribution is 2.41. The van der Waals surface area contributed by atoms with Gasteiger partial charge in [0.2, 0.25) is 0 Å². The Morgan fingerprint density at radius 1 is 1.34 bits per heavy atom. The SMILES string of the molecule is CCn1ncc(Cl)c1-c1c(C)oc(C(N)=O)c1[C@@H](CN)Cc1ccc(F)c(F)c1. The van der Waals surface area contributed by atoms with Crippen molar-refractivity contribution in [2.45, 2.75) is 32.7 Å². The second-order valence-electron chi connectivity index (χ2n) is 6.68. The fourth-order valence-electron chi connectivity index (χ4n) is 3.53. The molecule has 3 rings (SSSR count). The van der Waals surface area contributed by atoms with Crippen molar-refractivity contribution in [3.05, 3.63) is 63.7 Å². The second-order valence-corrected chi connectivity index (χ2v) is 7.09. The van der Waals surface area contributed by atoms with Gasteiger partial charge in [0.05, 0.1) is 16.9 Å². The molecule has 0 saturated carbocycles. The van der Waals surface area contributed by atoms with Crippen LogP contribution in [0.3, 0.4) is 0 Å². The Morgan fingerprint density at radius 2 is 2.07 bits per heavy atom. The molecule has 29 heavy (non-hydrogen) atoms. The van der Waals surface area contributed by atoms with Crippen molar-refractivity contribution in [3.63, 3.8) is 0 Å². The molecule has 3 aromatic rings. The van der Waals surface area contributed by atoms with Crippen LogP contribution in [0, 0.1) is 18.6 Å². The monoisotopic (exact) mass is 422 g/mol. The van der Waals surface area contributed by atoms with Gasteiger partial charge in [-0.25, -0.2) is 8.78 Å². The lowest BCUT2D eigenvalue weighted by Crippen LogP contribution is -2.21. The van der Waals surface area contributed by atoms with Gasteiger partial charge in [0.1, 0.15) is 5.76 Å². The molecule has 0 unspecified atom stereocenters. The summed E-state index contributed by atoms with van der Waals surface area (Å²) >= 11 is 6.37. The third kappa shape index (κ3) is 3.90. The summed E-state index contributed by atoms with van der Waals surface area (Å²) in [6, 6.07) is 3.64. The molecule has 0 radical (unpaired) electrons. The van der Waals surface area contributed by atoms with Crippen LogP contribution in [0.1, 0.15) is 40.3 Å². The molecule has 0 aliphatic rings. The van der Waals surface area contributed by atoms with Crippen LogP contribution in [0.2, 0.25) is 5.02 Å². The molecule has 1 aromatic carbocycles. The first-order valence-corrected chi connectivity index (χ1v) is 9.44. The van der Waals surface area contributed by atoms with E-state index in [2.05, 4.69) is 5.10 Å². The third-order valence-corrected chi connectivity index (χ3v) is 5.11. The number of hydrogen-bond acceptors (Lipinski definition) is 4. The number of halogens is 3. The van der Waals surface area contributed by atoms with Crippen molar-refractivity contribution >= 4 is 17.5 Å². The first-order valence-electron chi connectivity index (χ1n) is 9.07. The van der Waals surface area contributed by atoms with Crippen LogP contribution in [-0.2, 0) is 13.0 Å². The lowest BCUT2D eigenvalue weighted by molar-refractivity contribution is 0.0970. The zero-order chi connectivity index (χ0) is 21.3. The Bertz CT molecular complexity index is 1060. The molecule has 2 aromatic heterocycles. The fourth-order valence-corrected chi connectivity index (χ4v) is 3.77. The summed E-state index contributed by atoms with van der Waals surface area (Å²) in [4.78, 5) is 12.1. The number of furan rings is 1. The molecule has 154 valence electrons. The van der Waals surface area contributed by atoms with E-state index in [4.69, 9.17) is 27.5 Å². The molecule has 6 nitrogen and oxygen atoms in total. The van der Waals surface area contributed by atoms with Gasteiger partial charge in [0, 0.05) is 23.6 Å². The third-order valence-electron chi connectivity index (χ3n) is 4.83. The van der Waals surface area contributed by atoms with Gasteiger partial charge in [0.15, 0.2) is 17.4 Å². The topological polar surface area (TPSA) is 100 Å². The van der Waals surface area contributed by atoms with Gasteiger partial charge in [0.25, 0.3) is 5.91 Å². The van der Waals surface area contributed by atoms with Crippen molar-refractivity contribution in [3.8, 4) is 11.3 Å². The minimum Gasteiger partial charge on any atom is -0.455 e. The number of hydrogen-bond donors (Lipinski definition) is 2. The van der Waals surface area contributed by atoms with Crippen molar-refractivity contribution in [2.24, 2.45) is 11.5 Å². The van der Waals surface area contributed by atoms with E-state index in [1.54, 1.807) is 11.6 Å². The molecule has 0 aliphatic carbocycles. The van der Waals surface area contributed by atoms with Crippen molar-refractivity contribution < 1.29 is 18.0 Å². The predicted octanol–water partition coefficient (Wildman–Crippen LogP) is 3.79. The number of nitrogens with zero attached hydrogens (tertiary/aromatic N) is 2. The highest BCUT2D eigenvalue weighted by atomic mass is 35.5. The Morgan fingerprint density at radius 3 is 2.66 bits per heavy atom. The van der Waals surface area contributed by atoms with Crippen LogP contribution < -0.4 is 11.5 Å². The number of primary amides is 1. The molecule has 0 saturated heterocycles. The summed E-state index contributed by atoms with van der Waals surface area (Å²) in [6.07, 6.45) is 1.76. The lowest BCUT2D eigenvalue weighted by Gasteiger charge is -2.18. The van der Waals surface area contributed by atoms with Crippen LogP contribution in [0.15, 0.2) is 28.8 Å². The van der Waals surface area contributed by atoms with E-state index in [0.29, 0.717) is 39.7 Å². The van der Waals surface area contributed by atoms with Gasteiger partial charge in [-0.15, -0.1) is 0 Å². The molecule has 1 atom stereocenters. The van der Waals surface area contributed by atoms with E-state index in [1.165, 1.54) is 12.3 Å². The van der Waals surface area contributed by atoms with Crippen molar-refractivity contribution in [1.82, 2.24) is 9.78 Å². The number of aromatic nitrogens is 2. The zero-order valence-electron chi connectivity index (χ0n) is 16.0.